The molecule has 2 heterocycles. The van der Waals surface area contributed by atoms with Crippen LogP contribution < -0.4 is 15.0 Å². The lowest BCUT2D eigenvalue weighted by Crippen LogP contribution is -2.60. The van der Waals surface area contributed by atoms with Gasteiger partial charge in [0.25, 0.3) is 0 Å². The fourth-order valence-electron chi connectivity index (χ4n) is 4.78. The highest BCUT2D eigenvalue weighted by Crippen LogP contribution is 2.39. The van der Waals surface area contributed by atoms with Crippen molar-refractivity contribution in [1.82, 2.24) is 10.2 Å². The van der Waals surface area contributed by atoms with Crippen molar-refractivity contribution < 1.29 is 9.53 Å². The van der Waals surface area contributed by atoms with Crippen molar-refractivity contribution in [3.05, 3.63) is 24.3 Å². The van der Waals surface area contributed by atoms with Crippen LogP contribution in [0.2, 0.25) is 0 Å². The van der Waals surface area contributed by atoms with Gasteiger partial charge in [-0.1, -0.05) is 31.7 Å². The molecule has 154 valence electrons. The Hall–Kier alpha value is -2.75. The summed E-state index contributed by atoms with van der Waals surface area (Å²) in [6, 6.07) is 10.3. The minimum atomic E-state index is -0.678. The summed E-state index contributed by atoms with van der Waals surface area (Å²) in [4.78, 5) is 22.3. The summed E-state index contributed by atoms with van der Waals surface area (Å²) in [5.74, 6) is 0.650. The van der Waals surface area contributed by atoms with Crippen molar-refractivity contribution in [1.29, 1.82) is 5.26 Å². The highest BCUT2D eigenvalue weighted by atomic mass is 16.5. The number of carbonyl (C=O) groups excluding carboxylic acids is 1. The Morgan fingerprint density at radius 2 is 1.83 bits per heavy atom. The first kappa shape index (κ1) is 19.6. The zero-order valence-corrected chi connectivity index (χ0v) is 17.1. The van der Waals surface area contributed by atoms with Crippen molar-refractivity contribution >= 4 is 17.6 Å². The van der Waals surface area contributed by atoms with Crippen molar-refractivity contribution in [3.8, 4) is 11.8 Å². The zero-order chi connectivity index (χ0) is 20.3. The molecule has 1 aliphatic carbocycles. The predicted octanol–water partition coefficient (Wildman–Crippen LogP) is 2.54. The minimum Gasteiger partial charge on any atom is -0.497 e. The molecule has 1 saturated heterocycles. The van der Waals surface area contributed by atoms with E-state index in [0.717, 1.165) is 76.1 Å². The number of methoxy groups -OCH3 is 1. The largest absolute Gasteiger partial charge is 0.497 e. The summed E-state index contributed by atoms with van der Waals surface area (Å²) < 4.78 is 5.34. The number of amides is 1. The quantitative estimate of drug-likeness (QED) is 0.832. The number of ether oxygens (including phenoxy) is 1. The Kier molecular flexibility index (Phi) is 5.61. The maximum absolute atomic E-state index is 12.8. The van der Waals surface area contributed by atoms with Crippen LogP contribution in [0.3, 0.4) is 0 Å². The molecule has 4 rings (SSSR count). The number of hydrogen-bond acceptors (Lipinski definition) is 6. The molecule has 2 aliphatic heterocycles. The molecular weight excluding hydrogens is 366 g/mol. The van der Waals surface area contributed by atoms with E-state index in [1.54, 1.807) is 7.11 Å². The summed E-state index contributed by atoms with van der Waals surface area (Å²) in [6.45, 7) is 3.25. The van der Waals surface area contributed by atoms with Crippen LogP contribution in [-0.2, 0) is 4.79 Å². The number of piperazine rings is 1. The van der Waals surface area contributed by atoms with Crippen LogP contribution in [0.5, 0.6) is 5.75 Å². The third-order valence-electron chi connectivity index (χ3n) is 6.46. The first-order chi connectivity index (χ1) is 14.1. The molecule has 1 saturated carbocycles. The molecule has 29 heavy (non-hydrogen) atoms. The third kappa shape index (κ3) is 3.89. The molecule has 1 aromatic carbocycles. The summed E-state index contributed by atoms with van der Waals surface area (Å²) in [6.07, 6.45) is 6.03. The molecule has 1 unspecified atom stereocenters. The van der Waals surface area contributed by atoms with Crippen LogP contribution in [0, 0.1) is 17.2 Å². The van der Waals surface area contributed by atoms with Gasteiger partial charge in [-0.05, 0) is 25.0 Å². The molecule has 0 aromatic heterocycles. The maximum Gasteiger partial charge on any atom is 0.246 e. The van der Waals surface area contributed by atoms with Gasteiger partial charge >= 0.3 is 0 Å². The normalized spacial score (nSPS) is 24.3. The van der Waals surface area contributed by atoms with Gasteiger partial charge < -0.3 is 14.5 Å². The standard InChI is InChI=1S/C22H29N5O2/c1-29-18-8-6-7-17(15-18)26-11-13-27(14-12-26)21-24-20(28)19(16-23)22(25-21)9-4-2-3-5-10-22/h6-8,15,19H,2-5,9-14H2,1H3,(H,24,25,28). The van der Waals surface area contributed by atoms with Crippen molar-refractivity contribution in [2.75, 3.05) is 38.2 Å². The van der Waals surface area contributed by atoms with Crippen molar-refractivity contribution in [2.45, 2.75) is 44.1 Å². The van der Waals surface area contributed by atoms with Gasteiger partial charge in [-0.25, -0.2) is 4.99 Å². The van der Waals surface area contributed by atoms with E-state index < -0.39 is 11.5 Å². The number of nitrogens with zero attached hydrogens (tertiary/aromatic N) is 4. The second-order valence-corrected chi connectivity index (χ2v) is 8.18. The van der Waals surface area contributed by atoms with Crippen LogP contribution in [0.1, 0.15) is 38.5 Å². The van der Waals surface area contributed by atoms with Gasteiger partial charge in [-0.2, -0.15) is 5.26 Å². The van der Waals surface area contributed by atoms with E-state index in [-0.39, 0.29) is 5.91 Å². The molecule has 1 amide bonds. The second-order valence-electron chi connectivity index (χ2n) is 8.18. The molecule has 3 aliphatic rings. The Labute approximate surface area is 172 Å². The van der Waals surface area contributed by atoms with E-state index in [9.17, 15) is 10.1 Å². The lowest BCUT2D eigenvalue weighted by atomic mass is 9.77. The number of hydrogen-bond donors (Lipinski definition) is 1. The lowest BCUT2D eigenvalue weighted by molar-refractivity contribution is -0.124. The number of carbonyl (C=O) groups is 1. The summed E-state index contributed by atoms with van der Waals surface area (Å²) in [5.41, 5.74) is 0.593. The van der Waals surface area contributed by atoms with Crippen LogP contribution >= 0.6 is 0 Å². The van der Waals surface area contributed by atoms with Crippen LogP contribution in [-0.4, -0.2) is 55.6 Å². The Balaban J connectivity index is 1.50. The molecule has 1 spiro atoms. The third-order valence-corrected chi connectivity index (χ3v) is 6.46. The molecule has 0 bridgehead atoms. The van der Waals surface area contributed by atoms with Gasteiger partial charge in [-0.3, -0.25) is 10.1 Å². The van der Waals surface area contributed by atoms with Gasteiger partial charge in [0.1, 0.15) is 5.75 Å². The number of rotatable bonds is 2. The van der Waals surface area contributed by atoms with Gasteiger partial charge in [0.15, 0.2) is 5.92 Å². The predicted molar refractivity (Wildman–Crippen MR) is 112 cm³/mol. The van der Waals surface area contributed by atoms with E-state index in [2.05, 4.69) is 27.3 Å². The van der Waals surface area contributed by atoms with Gasteiger partial charge in [0.2, 0.25) is 11.9 Å². The molecule has 2 fully saturated rings. The summed E-state index contributed by atoms with van der Waals surface area (Å²) in [7, 11) is 1.68. The average molecular weight is 396 g/mol. The van der Waals surface area contributed by atoms with Crippen LogP contribution in [0.25, 0.3) is 0 Å². The zero-order valence-electron chi connectivity index (χ0n) is 17.1. The first-order valence-electron chi connectivity index (χ1n) is 10.6. The average Bonchev–Trinajstić information content (AvgIpc) is 2.99. The Morgan fingerprint density at radius 3 is 2.48 bits per heavy atom. The number of nitriles is 1. The Morgan fingerprint density at radius 1 is 1.14 bits per heavy atom. The molecule has 1 N–H and O–H groups in total. The summed E-state index contributed by atoms with van der Waals surface area (Å²) >= 11 is 0. The van der Waals surface area contributed by atoms with Crippen molar-refractivity contribution in [3.63, 3.8) is 0 Å². The highest BCUT2D eigenvalue weighted by molar-refractivity contribution is 6.02. The number of guanidine groups is 1. The fourth-order valence-corrected chi connectivity index (χ4v) is 4.78. The van der Waals surface area contributed by atoms with Gasteiger partial charge in [-0.15, -0.1) is 0 Å². The number of aliphatic imine (C=N–C) groups is 1. The lowest BCUT2D eigenvalue weighted by Gasteiger charge is -2.42. The summed E-state index contributed by atoms with van der Waals surface area (Å²) in [5, 5.41) is 12.6. The Bertz CT molecular complexity index is 815. The molecule has 1 atom stereocenters. The fraction of sp³-hybridized carbons (Fsp3) is 0.591. The number of nitrogens with one attached hydrogen (secondary N) is 1. The van der Waals surface area contributed by atoms with Crippen molar-refractivity contribution in [2.24, 2.45) is 10.9 Å². The molecule has 7 heteroatoms. The topological polar surface area (TPSA) is 81.0 Å². The van der Waals surface area contributed by atoms with E-state index in [1.165, 1.54) is 0 Å². The molecule has 1 aromatic rings. The molecule has 0 radical (unpaired) electrons. The van der Waals surface area contributed by atoms with Crippen LogP contribution in [0.4, 0.5) is 5.69 Å². The van der Waals surface area contributed by atoms with E-state index >= 15 is 0 Å². The minimum absolute atomic E-state index is 0.186. The maximum atomic E-state index is 12.8. The number of anilines is 1. The number of benzene rings is 1. The van der Waals surface area contributed by atoms with E-state index in [4.69, 9.17) is 9.73 Å². The smallest absolute Gasteiger partial charge is 0.246 e. The molecule has 7 nitrogen and oxygen atoms in total. The SMILES string of the molecule is COc1cccc(N2CCN(C3=NC4(CCCCCC4)C(C#N)C(=O)N3)CC2)c1. The van der Waals surface area contributed by atoms with Gasteiger partial charge in [0.05, 0.1) is 18.7 Å². The second kappa shape index (κ2) is 8.32. The first-order valence-corrected chi connectivity index (χ1v) is 10.6. The highest BCUT2D eigenvalue weighted by Gasteiger charge is 2.47. The van der Waals surface area contributed by atoms with E-state index in [0.29, 0.717) is 5.96 Å². The molecular formula is C22H29N5O2. The monoisotopic (exact) mass is 395 g/mol. The van der Waals surface area contributed by atoms with Gasteiger partial charge in [0, 0.05) is 37.9 Å². The van der Waals surface area contributed by atoms with Crippen LogP contribution in [0.15, 0.2) is 29.3 Å². The van der Waals surface area contributed by atoms with E-state index in [1.807, 2.05) is 18.2 Å².